The van der Waals surface area contributed by atoms with Crippen LogP contribution in [0.15, 0.2) is 12.4 Å². The highest BCUT2D eigenvalue weighted by Gasteiger charge is 2.57. The van der Waals surface area contributed by atoms with Gasteiger partial charge in [-0.05, 0) is 39.5 Å². The van der Waals surface area contributed by atoms with E-state index in [1.807, 2.05) is 20.8 Å². The highest BCUT2D eigenvalue weighted by molar-refractivity contribution is 6.29. The first-order valence-electron chi connectivity index (χ1n) is 7.54. The third-order valence-corrected chi connectivity index (χ3v) is 4.05. The third-order valence-electron chi connectivity index (χ3n) is 3.87. The summed E-state index contributed by atoms with van der Waals surface area (Å²) >= 11 is 5.76. The molecule has 0 bridgehead atoms. The number of piperidine rings is 1. The van der Waals surface area contributed by atoms with Crippen molar-refractivity contribution < 1.29 is 14.3 Å². The number of carbonyl (C=O) groups is 2. The SMILES string of the molecule is CC(C)(C)OC(=O)N1C(C(=O)Nc2cncc(Cl)n2)C[C@H]2C[C@@H]21. The first-order chi connectivity index (χ1) is 10.7. The van der Waals surface area contributed by atoms with Crippen molar-refractivity contribution >= 4 is 29.4 Å². The molecule has 1 saturated carbocycles. The molecule has 2 amide bonds. The predicted molar refractivity (Wildman–Crippen MR) is 84.0 cm³/mol. The molecular weight excluding hydrogens is 320 g/mol. The lowest BCUT2D eigenvalue weighted by atomic mass is 10.1. The van der Waals surface area contributed by atoms with Crippen molar-refractivity contribution in [3.8, 4) is 0 Å². The molecule has 0 spiro atoms. The average molecular weight is 339 g/mol. The fraction of sp³-hybridized carbons (Fsp3) is 0.600. The maximum absolute atomic E-state index is 12.5. The molecule has 1 aromatic rings. The quantitative estimate of drug-likeness (QED) is 0.895. The molecular formula is C15H19ClN4O3. The molecule has 1 aliphatic heterocycles. The van der Waals surface area contributed by atoms with Gasteiger partial charge in [0.1, 0.15) is 16.8 Å². The van der Waals surface area contributed by atoms with Gasteiger partial charge in [-0.15, -0.1) is 0 Å². The Labute approximate surface area is 139 Å². The molecule has 0 radical (unpaired) electrons. The molecule has 1 saturated heterocycles. The van der Waals surface area contributed by atoms with E-state index < -0.39 is 17.7 Å². The van der Waals surface area contributed by atoms with E-state index in [1.165, 1.54) is 12.4 Å². The number of hydrogen-bond acceptors (Lipinski definition) is 5. The number of hydrogen-bond donors (Lipinski definition) is 1. The molecule has 1 aromatic heterocycles. The lowest BCUT2D eigenvalue weighted by Crippen LogP contribution is -2.47. The highest BCUT2D eigenvalue weighted by Crippen LogP contribution is 2.48. The summed E-state index contributed by atoms with van der Waals surface area (Å²) in [6, 6.07) is -0.444. The van der Waals surface area contributed by atoms with Crippen molar-refractivity contribution in [2.45, 2.75) is 51.3 Å². The fourth-order valence-electron chi connectivity index (χ4n) is 2.88. The van der Waals surface area contributed by atoms with E-state index in [2.05, 4.69) is 15.3 Å². The van der Waals surface area contributed by atoms with Crippen molar-refractivity contribution in [2.24, 2.45) is 5.92 Å². The van der Waals surface area contributed by atoms with E-state index >= 15 is 0 Å². The van der Waals surface area contributed by atoms with Crippen LogP contribution in [-0.2, 0) is 9.53 Å². The van der Waals surface area contributed by atoms with Crippen LogP contribution in [0, 0.1) is 5.92 Å². The standard InChI is InChI=1S/C15H19ClN4O3/c1-15(2,3)23-14(22)20-9-4-8(9)5-10(20)13(21)19-12-7-17-6-11(16)18-12/h6-10H,4-5H2,1-3H3,(H,18,19,21)/t8-,9+,10?/m1/s1. The predicted octanol–water partition coefficient (Wildman–Crippen LogP) is 2.47. The molecule has 0 aromatic carbocycles. The summed E-state index contributed by atoms with van der Waals surface area (Å²) in [7, 11) is 0. The molecule has 2 aliphatic rings. The Kier molecular flexibility index (Phi) is 3.91. The molecule has 8 heteroatoms. The Morgan fingerprint density at radius 1 is 1.35 bits per heavy atom. The molecule has 124 valence electrons. The number of halogens is 1. The van der Waals surface area contributed by atoms with Crippen LogP contribution in [-0.4, -0.2) is 44.6 Å². The minimum absolute atomic E-state index is 0.103. The number of anilines is 1. The largest absolute Gasteiger partial charge is 0.444 e. The van der Waals surface area contributed by atoms with E-state index in [4.69, 9.17) is 16.3 Å². The first-order valence-corrected chi connectivity index (χ1v) is 7.92. The molecule has 2 heterocycles. The smallest absolute Gasteiger partial charge is 0.411 e. The van der Waals surface area contributed by atoms with Gasteiger partial charge in [0.2, 0.25) is 5.91 Å². The summed E-state index contributed by atoms with van der Waals surface area (Å²) in [4.78, 5) is 34.3. The van der Waals surface area contributed by atoms with Crippen LogP contribution in [0.5, 0.6) is 0 Å². The minimum Gasteiger partial charge on any atom is -0.444 e. The second-order valence-electron chi connectivity index (χ2n) is 6.92. The van der Waals surface area contributed by atoms with Crippen LogP contribution >= 0.6 is 11.6 Å². The molecule has 3 atom stereocenters. The van der Waals surface area contributed by atoms with Crippen LogP contribution in [0.3, 0.4) is 0 Å². The summed E-state index contributed by atoms with van der Waals surface area (Å²) in [6.45, 7) is 5.42. The molecule has 1 unspecified atom stereocenters. The van der Waals surface area contributed by atoms with Crippen LogP contribution in [0.4, 0.5) is 10.6 Å². The van der Waals surface area contributed by atoms with Crippen molar-refractivity contribution in [3.05, 3.63) is 17.5 Å². The number of rotatable bonds is 2. The van der Waals surface area contributed by atoms with Crippen LogP contribution < -0.4 is 5.32 Å². The van der Waals surface area contributed by atoms with Gasteiger partial charge in [0, 0.05) is 6.04 Å². The zero-order valence-electron chi connectivity index (χ0n) is 13.2. The number of nitrogens with zero attached hydrogens (tertiary/aromatic N) is 3. The molecule has 3 rings (SSSR count). The van der Waals surface area contributed by atoms with Gasteiger partial charge >= 0.3 is 6.09 Å². The topological polar surface area (TPSA) is 84.4 Å². The normalized spacial score (nSPS) is 25.7. The van der Waals surface area contributed by atoms with Gasteiger partial charge in [-0.2, -0.15) is 0 Å². The van der Waals surface area contributed by atoms with Crippen molar-refractivity contribution in [3.63, 3.8) is 0 Å². The monoisotopic (exact) mass is 338 g/mol. The summed E-state index contributed by atoms with van der Waals surface area (Å²) < 4.78 is 5.43. The summed E-state index contributed by atoms with van der Waals surface area (Å²) in [5.41, 5.74) is -0.594. The number of carbonyl (C=O) groups excluding carboxylic acids is 2. The van der Waals surface area contributed by atoms with Crippen LogP contribution in [0.2, 0.25) is 5.15 Å². The van der Waals surface area contributed by atoms with Crippen molar-refractivity contribution in [1.82, 2.24) is 14.9 Å². The number of aromatic nitrogens is 2. The maximum Gasteiger partial charge on any atom is 0.411 e. The first kappa shape index (κ1) is 16.0. The zero-order chi connectivity index (χ0) is 16.8. The number of amides is 2. The Morgan fingerprint density at radius 2 is 2.09 bits per heavy atom. The second kappa shape index (κ2) is 5.63. The summed E-state index contributed by atoms with van der Waals surface area (Å²) in [5.74, 6) is 0.357. The number of fused-ring (bicyclic) bond motifs is 1. The molecule has 1 aliphatic carbocycles. The Balaban J connectivity index is 1.71. The van der Waals surface area contributed by atoms with Gasteiger partial charge in [-0.3, -0.25) is 14.7 Å². The van der Waals surface area contributed by atoms with E-state index in [0.29, 0.717) is 12.3 Å². The van der Waals surface area contributed by atoms with Gasteiger partial charge < -0.3 is 10.1 Å². The second-order valence-corrected chi connectivity index (χ2v) is 7.31. The van der Waals surface area contributed by atoms with Crippen molar-refractivity contribution in [2.75, 3.05) is 5.32 Å². The molecule has 23 heavy (non-hydrogen) atoms. The van der Waals surface area contributed by atoms with Gasteiger partial charge in [0.25, 0.3) is 0 Å². The van der Waals surface area contributed by atoms with Gasteiger partial charge in [0.05, 0.1) is 12.4 Å². The maximum atomic E-state index is 12.5. The van der Waals surface area contributed by atoms with E-state index in [0.717, 1.165) is 6.42 Å². The average Bonchev–Trinajstić information content (AvgIpc) is 3.06. The lowest BCUT2D eigenvalue weighted by molar-refractivity contribution is -0.121. The Morgan fingerprint density at radius 3 is 2.74 bits per heavy atom. The number of likely N-dealkylation sites (tertiary alicyclic amines) is 1. The van der Waals surface area contributed by atoms with Crippen LogP contribution in [0.1, 0.15) is 33.6 Å². The van der Waals surface area contributed by atoms with E-state index in [9.17, 15) is 9.59 Å². The zero-order valence-corrected chi connectivity index (χ0v) is 14.0. The van der Waals surface area contributed by atoms with Gasteiger partial charge in [-0.25, -0.2) is 9.78 Å². The highest BCUT2D eigenvalue weighted by atomic mass is 35.5. The minimum atomic E-state index is -0.594. The lowest BCUT2D eigenvalue weighted by Gasteiger charge is -2.29. The van der Waals surface area contributed by atoms with Gasteiger partial charge in [0.15, 0.2) is 5.82 Å². The van der Waals surface area contributed by atoms with Gasteiger partial charge in [-0.1, -0.05) is 11.6 Å². The summed E-state index contributed by atoms with van der Waals surface area (Å²) in [5, 5.41) is 2.86. The number of nitrogens with one attached hydrogen (secondary N) is 1. The third kappa shape index (κ3) is 3.55. The Bertz CT molecular complexity index is 646. The van der Waals surface area contributed by atoms with E-state index in [-0.39, 0.29) is 22.9 Å². The fourth-order valence-corrected chi connectivity index (χ4v) is 3.03. The Hall–Kier alpha value is -1.89. The molecule has 1 N–H and O–H groups in total. The van der Waals surface area contributed by atoms with E-state index in [1.54, 1.807) is 4.90 Å². The number of ether oxygens (including phenoxy) is 1. The van der Waals surface area contributed by atoms with Crippen molar-refractivity contribution in [1.29, 1.82) is 0 Å². The molecule has 2 fully saturated rings. The molecule has 7 nitrogen and oxygen atoms in total. The van der Waals surface area contributed by atoms with Crippen LogP contribution in [0.25, 0.3) is 0 Å². The summed E-state index contributed by atoms with van der Waals surface area (Å²) in [6.07, 6.45) is 3.93.